The smallest absolute Gasteiger partial charge is 0.315 e. The highest BCUT2D eigenvalue weighted by Crippen LogP contribution is 2.28. The third kappa shape index (κ3) is 6.66. The van der Waals surface area contributed by atoms with Crippen molar-refractivity contribution < 1.29 is 9.90 Å². The zero-order chi connectivity index (χ0) is 16.1. The summed E-state index contributed by atoms with van der Waals surface area (Å²) in [7, 11) is 4.07. The second-order valence-electron chi connectivity index (χ2n) is 7.77. The standard InChI is InChI=1S/C16H33N3O2/c1-15(2,3)13(8-11-19(4)5)18-14(20)17-12-16(21)9-6-7-10-16/h13,21H,6-12H2,1-5H3,(H2,17,18,20). The molecule has 1 aliphatic carbocycles. The minimum atomic E-state index is -0.696. The lowest BCUT2D eigenvalue weighted by molar-refractivity contribution is 0.0498. The SMILES string of the molecule is CN(C)CCC(NC(=O)NCC1(O)CCCC1)C(C)(C)C. The normalized spacial score (nSPS) is 19.6. The summed E-state index contributed by atoms with van der Waals surface area (Å²) in [5, 5.41) is 16.2. The number of urea groups is 1. The van der Waals surface area contributed by atoms with Gasteiger partial charge in [-0.3, -0.25) is 0 Å². The molecule has 1 aliphatic rings. The summed E-state index contributed by atoms with van der Waals surface area (Å²) >= 11 is 0. The van der Waals surface area contributed by atoms with Gasteiger partial charge in [0.2, 0.25) is 0 Å². The first-order valence-corrected chi connectivity index (χ1v) is 8.04. The number of carbonyl (C=O) groups is 1. The molecule has 5 nitrogen and oxygen atoms in total. The van der Waals surface area contributed by atoms with Gasteiger partial charge in [-0.2, -0.15) is 0 Å². The highest BCUT2D eigenvalue weighted by atomic mass is 16.3. The number of nitrogens with zero attached hydrogens (tertiary/aromatic N) is 1. The largest absolute Gasteiger partial charge is 0.388 e. The fourth-order valence-electron chi connectivity index (χ4n) is 2.77. The molecule has 0 aromatic heterocycles. The van der Waals surface area contributed by atoms with E-state index in [0.29, 0.717) is 6.54 Å². The Labute approximate surface area is 129 Å². The van der Waals surface area contributed by atoms with E-state index in [1.54, 1.807) is 0 Å². The summed E-state index contributed by atoms with van der Waals surface area (Å²) in [5.41, 5.74) is -0.685. The van der Waals surface area contributed by atoms with Gasteiger partial charge in [-0.1, -0.05) is 33.6 Å². The van der Waals surface area contributed by atoms with E-state index in [4.69, 9.17) is 0 Å². The predicted octanol–water partition coefficient (Wildman–Crippen LogP) is 1.96. The van der Waals surface area contributed by atoms with Crippen LogP contribution in [0.25, 0.3) is 0 Å². The molecule has 124 valence electrons. The molecular formula is C16H33N3O2. The molecule has 0 heterocycles. The first-order chi connectivity index (χ1) is 9.62. The number of aliphatic hydroxyl groups is 1. The minimum absolute atomic E-state index is 0.0115. The summed E-state index contributed by atoms with van der Waals surface area (Å²) in [6.45, 7) is 7.70. The zero-order valence-electron chi connectivity index (χ0n) is 14.3. The van der Waals surface area contributed by atoms with Crippen LogP contribution in [-0.2, 0) is 0 Å². The molecule has 0 radical (unpaired) electrons. The van der Waals surface area contributed by atoms with E-state index in [0.717, 1.165) is 38.6 Å². The second-order valence-corrected chi connectivity index (χ2v) is 7.77. The maximum Gasteiger partial charge on any atom is 0.315 e. The highest BCUT2D eigenvalue weighted by Gasteiger charge is 2.32. The van der Waals surface area contributed by atoms with Gasteiger partial charge < -0.3 is 20.6 Å². The molecule has 0 spiro atoms. The highest BCUT2D eigenvalue weighted by molar-refractivity contribution is 5.74. The van der Waals surface area contributed by atoms with Gasteiger partial charge in [-0.05, 0) is 45.3 Å². The van der Waals surface area contributed by atoms with Crippen molar-refractivity contribution in [3.05, 3.63) is 0 Å². The van der Waals surface area contributed by atoms with Gasteiger partial charge in [-0.15, -0.1) is 0 Å². The minimum Gasteiger partial charge on any atom is -0.388 e. The van der Waals surface area contributed by atoms with Crippen molar-refractivity contribution >= 4 is 6.03 Å². The molecule has 0 aliphatic heterocycles. The summed E-state index contributed by atoms with van der Waals surface area (Å²) < 4.78 is 0. The van der Waals surface area contributed by atoms with Crippen molar-refractivity contribution in [2.45, 2.75) is 64.5 Å². The molecule has 0 aromatic rings. The summed E-state index contributed by atoms with van der Waals surface area (Å²) in [4.78, 5) is 14.2. The van der Waals surface area contributed by atoms with Crippen LogP contribution in [0.4, 0.5) is 4.79 Å². The molecule has 5 heteroatoms. The lowest BCUT2D eigenvalue weighted by atomic mass is 9.84. The van der Waals surface area contributed by atoms with Gasteiger partial charge in [0, 0.05) is 12.6 Å². The van der Waals surface area contributed by atoms with Gasteiger partial charge in [0.1, 0.15) is 0 Å². The molecule has 0 aromatic carbocycles. The van der Waals surface area contributed by atoms with E-state index in [2.05, 4.69) is 36.3 Å². The maximum atomic E-state index is 12.1. The summed E-state index contributed by atoms with van der Waals surface area (Å²) in [6.07, 6.45) is 4.59. The zero-order valence-corrected chi connectivity index (χ0v) is 14.3. The van der Waals surface area contributed by atoms with Gasteiger partial charge in [0.25, 0.3) is 0 Å². The van der Waals surface area contributed by atoms with E-state index in [1.807, 2.05) is 14.1 Å². The van der Waals surface area contributed by atoms with Crippen molar-refractivity contribution in [1.29, 1.82) is 0 Å². The van der Waals surface area contributed by atoms with Gasteiger partial charge in [-0.25, -0.2) is 4.79 Å². The quantitative estimate of drug-likeness (QED) is 0.702. The Balaban J connectivity index is 2.44. The average molecular weight is 299 g/mol. The van der Waals surface area contributed by atoms with Crippen LogP contribution in [0, 0.1) is 5.41 Å². The van der Waals surface area contributed by atoms with E-state index >= 15 is 0 Å². The Hall–Kier alpha value is -0.810. The Morgan fingerprint density at radius 2 is 1.86 bits per heavy atom. The first-order valence-electron chi connectivity index (χ1n) is 8.04. The average Bonchev–Trinajstić information content (AvgIpc) is 2.78. The van der Waals surface area contributed by atoms with Crippen molar-refractivity contribution in [2.24, 2.45) is 5.41 Å². The van der Waals surface area contributed by atoms with E-state index in [1.165, 1.54) is 0 Å². The molecule has 0 saturated heterocycles. The number of nitrogens with one attached hydrogen (secondary N) is 2. The Bertz CT molecular complexity index is 331. The Morgan fingerprint density at radius 1 is 1.29 bits per heavy atom. The number of carbonyl (C=O) groups excluding carboxylic acids is 1. The Kier molecular flexibility index (Phi) is 6.47. The summed E-state index contributed by atoms with van der Waals surface area (Å²) in [5.74, 6) is 0. The third-order valence-corrected chi connectivity index (χ3v) is 4.33. The van der Waals surface area contributed by atoms with Crippen molar-refractivity contribution in [3.8, 4) is 0 Å². The molecule has 2 amide bonds. The molecule has 0 bridgehead atoms. The van der Waals surface area contributed by atoms with Crippen molar-refractivity contribution in [3.63, 3.8) is 0 Å². The van der Waals surface area contributed by atoms with Crippen LogP contribution in [0.3, 0.4) is 0 Å². The molecule has 1 saturated carbocycles. The lowest BCUT2D eigenvalue weighted by Crippen LogP contribution is -2.51. The summed E-state index contributed by atoms with van der Waals surface area (Å²) in [6, 6.07) is -0.0628. The van der Waals surface area contributed by atoms with Crippen LogP contribution >= 0.6 is 0 Å². The van der Waals surface area contributed by atoms with Crippen LogP contribution in [0.2, 0.25) is 0 Å². The van der Waals surface area contributed by atoms with Gasteiger partial charge >= 0.3 is 6.03 Å². The Morgan fingerprint density at radius 3 is 2.33 bits per heavy atom. The molecule has 21 heavy (non-hydrogen) atoms. The van der Waals surface area contributed by atoms with Gasteiger partial charge in [0.05, 0.1) is 5.60 Å². The van der Waals surface area contributed by atoms with E-state index < -0.39 is 5.60 Å². The van der Waals surface area contributed by atoms with Crippen molar-refractivity contribution in [1.82, 2.24) is 15.5 Å². The van der Waals surface area contributed by atoms with Crippen LogP contribution in [-0.4, -0.2) is 54.9 Å². The molecule has 1 rings (SSSR count). The second kappa shape index (κ2) is 7.45. The third-order valence-electron chi connectivity index (χ3n) is 4.33. The molecular weight excluding hydrogens is 266 g/mol. The fraction of sp³-hybridized carbons (Fsp3) is 0.938. The monoisotopic (exact) mass is 299 g/mol. The predicted molar refractivity (Wildman–Crippen MR) is 86.4 cm³/mol. The van der Waals surface area contributed by atoms with E-state index in [-0.39, 0.29) is 17.5 Å². The van der Waals surface area contributed by atoms with E-state index in [9.17, 15) is 9.90 Å². The van der Waals surface area contributed by atoms with Crippen LogP contribution in [0.15, 0.2) is 0 Å². The van der Waals surface area contributed by atoms with Crippen LogP contribution in [0.1, 0.15) is 52.9 Å². The number of hydrogen-bond acceptors (Lipinski definition) is 3. The van der Waals surface area contributed by atoms with Crippen LogP contribution in [0.5, 0.6) is 0 Å². The number of hydrogen-bond donors (Lipinski definition) is 3. The molecule has 1 fully saturated rings. The topological polar surface area (TPSA) is 64.6 Å². The van der Waals surface area contributed by atoms with Crippen LogP contribution < -0.4 is 10.6 Å². The fourth-order valence-corrected chi connectivity index (χ4v) is 2.77. The molecule has 1 unspecified atom stereocenters. The molecule has 3 N–H and O–H groups in total. The number of rotatable bonds is 6. The van der Waals surface area contributed by atoms with Crippen molar-refractivity contribution in [2.75, 3.05) is 27.2 Å². The lowest BCUT2D eigenvalue weighted by Gasteiger charge is -2.33. The van der Waals surface area contributed by atoms with Gasteiger partial charge in [0.15, 0.2) is 0 Å². The number of amides is 2. The first kappa shape index (κ1) is 18.2. The molecule has 1 atom stereocenters. The maximum absolute atomic E-state index is 12.1.